The van der Waals surface area contributed by atoms with Gasteiger partial charge < -0.3 is 0 Å². The first-order valence-electron chi connectivity index (χ1n) is 4.76. The Balaban J connectivity index is 2.48. The Morgan fingerprint density at radius 1 is 1.12 bits per heavy atom. The van der Waals surface area contributed by atoms with E-state index in [1.165, 1.54) is 0 Å². The molecule has 0 heterocycles. The second-order valence-corrected chi connectivity index (χ2v) is 5.01. The zero-order chi connectivity index (χ0) is 12.9. The third-order valence-corrected chi connectivity index (χ3v) is 3.05. The van der Waals surface area contributed by atoms with E-state index in [1.807, 2.05) is 0 Å². The number of benzene rings is 1. The van der Waals surface area contributed by atoms with Crippen molar-refractivity contribution in [3.63, 3.8) is 0 Å². The molecule has 0 aliphatic heterocycles. The SMILES string of the molecule is O=S(=O)(Cc1ccccc1)OCCC(F)(F)F. The fourth-order valence-corrected chi connectivity index (χ4v) is 2.13. The van der Waals surface area contributed by atoms with Gasteiger partial charge in [0.25, 0.3) is 10.1 Å². The standard InChI is InChI=1S/C10H11F3O3S/c11-10(12,13)6-7-16-17(14,15)8-9-4-2-1-3-5-9/h1-5H,6-8H2. The van der Waals surface area contributed by atoms with Crippen molar-refractivity contribution in [2.45, 2.75) is 18.3 Å². The summed E-state index contributed by atoms with van der Waals surface area (Å²) in [7, 11) is -3.96. The minimum Gasteiger partial charge on any atom is -0.270 e. The fraction of sp³-hybridized carbons (Fsp3) is 0.400. The lowest BCUT2D eigenvalue weighted by atomic mass is 10.2. The van der Waals surface area contributed by atoms with E-state index in [2.05, 4.69) is 4.18 Å². The summed E-state index contributed by atoms with van der Waals surface area (Å²) in [5.41, 5.74) is 0.472. The minimum atomic E-state index is -4.41. The Hall–Kier alpha value is -1.08. The van der Waals surface area contributed by atoms with Crippen LogP contribution in [0.25, 0.3) is 0 Å². The van der Waals surface area contributed by atoms with E-state index >= 15 is 0 Å². The number of hydrogen-bond donors (Lipinski definition) is 0. The highest BCUT2D eigenvalue weighted by atomic mass is 32.2. The fourth-order valence-electron chi connectivity index (χ4n) is 1.10. The molecule has 0 saturated carbocycles. The Morgan fingerprint density at radius 3 is 2.24 bits per heavy atom. The van der Waals surface area contributed by atoms with Crippen molar-refractivity contribution < 1.29 is 25.8 Å². The van der Waals surface area contributed by atoms with E-state index in [9.17, 15) is 21.6 Å². The first-order valence-corrected chi connectivity index (χ1v) is 6.34. The molecule has 0 fully saturated rings. The first kappa shape index (κ1) is 14.0. The van der Waals surface area contributed by atoms with Gasteiger partial charge in [0.2, 0.25) is 0 Å². The molecule has 1 aromatic rings. The molecule has 17 heavy (non-hydrogen) atoms. The summed E-state index contributed by atoms with van der Waals surface area (Å²) in [5.74, 6) is -0.425. The van der Waals surface area contributed by atoms with E-state index in [-0.39, 0.29) is 0 Å². The predicted octanol–water partition coefficient (Wildman–Crippen LogP) is 2.49. The summed E-state index contributed by atoms with van der Waals surface area (Å²) in [6.07, 6.45) is -5.69. The average Bonchev–Trinajstić information content (AvgIpc) is 2.15. The van der Waals surface area contributed by atoms with Gasteiger partial charge in [-0.1, -0.05) is 30.3 Å². The number of rotatable bonds is 5. The van der Waals surface area contributed by atoms with Gasteiger partial charge in [-0.25, -0.2) is 0 Å². The summed E-state index contributed by atoms with van der Waals surface area (Å²) in [5, 5.41) is 0. The van der Waals surface area contributed by atoms with Gasteiger partial charge in [0, 0.05) is 0 Å². The Labute approximate surface area is 97.3 Å². The molecule has 0 atom stereocenters. The quantitative estimate of drug-likeness (QED) is 0.770. The first-order chi connectivity index (χ1) is 7.79. The van der Waals surface area contributed by atoms with Crippen LogP contribution in [-0.2, 0) is 20.1 Å². The van der Waals surface area contributed by atoms with Crippen LogP contribution in [0.4, 0.5) is 13.2 Å². The minimum absolute atomic E-state index is 0.425. The van der Waals surface area contributed by atoms with Crippen molar-refractivity contribution in [3.05, 3.63) is 35.9 Å². The highest BCUT2D eigenvalue weighted by molar-refractivity contribution is 7.85. The van der Waals surface area contributed by atoms with Gasteiger partial charge in [-0.05, 0) is 5.56 Å². The van der Waals surface area contributed by atoms with E-state index in [0.29, 0.717) is 5.56 Å². The monoisotopic (exact) mass is 268 g/mol. The van der Waals surface area contributed by atoms with Gasteiger partial charge in [0.1, 0.15) is 5.75 Å². The van der Waals surface area contributed by atoms with Crippen molar-refractivity contribution in [3.8, 4) is 0 Å². The summed E-state index contributed by atoms with van der Waals surface area (Å²) in [4.78, 5) is 0. The number of hydrogen-bond acceptors (Lipinski definition) is 3. The van der Waals surface area contributed by atoms with Crippen LogP contribution in [0.2, 0.25) is 0 Å². The van der Waals surface area contributed by atoms with Crippen LogP contribution in [0.1, 0.15) is 12.0 Å². The van der Waals surface area contributed by atoms with Crippen molar-refractivity contribution in [1.82, 2.24) is 0 Å². The second kappa shape index (κ2) is 5.50. The highest BCUT2D eigenvalue weighted by Gasteiger charge is 2.27. The lowest BCUT2D eigenvalue weighted by Gasteiger charge is -2.07. The topological polar surface area (TPSA) is 43.4 Å². The molecular weight excluding hydrogens is 257 g/mol. The molecule has 1 aromatic carbocycles. The lowest BCUT2D eigenvalue weighted by molar-refractivity contribution is -0.139. The smallest absolute Gasteiger partial charge is 0.270 e. The molecule has 1 rings (SSSR count). The van der Waals surface area contributed by atoms with Crippen LogP contribution in [0, 0.1) is 0 Å². The predicted molar refractivity (Wildman–Crippen MR) is 55.7 cm³/mol. The van der Waals surface area contributed by atoms with Crippen LogP contribution >= 0.6 is 0 Å². The molecule has 0 spiro atoms. The van der Waals surface area contributed by atoms with E-state index < -0.39 is 35.1 Å². The van der Waals surface area contributed by atoms with Crippen LogP contribution in [-0.4, -0.2) is 21.2 Å². The maximum absolute atomic E-state index is 11.8. The summed E-state index contributed by atoms with van der Waals surface area (Å²) in [6, 6.07) is 8.11. The summed E-state index contributed by atoms with van der Waals surface area (Å²) < 4.78 is 62.2. The molecular formula is C10H11F3O3S. The largest absolute Gasteiger partial charge is 0.391 e. The zero-order valence-corrected chi connectivity index (χ0v) is 9.59. The molecule has 0 bridgehead atoms. The molecule has 0 saturated heterocycles. The zero-order valence-electron chi connectivity index (χ0n) is 8.77. The molecule has 0 aliphatic rings. The molecule has 3 nitrogen and oxygen atoms in total. The van der Waals surface area contributed by atoms with Crippen molar-refractivity contribution in [1.29, 1.82) is 0 Å². The van der Waals surface area contributed by atoms with E-state index in [1.54, 1.807) is 30.3 Å². The molecule has 0 aromatic heterocycles. The average molecular weight is 268 g/mol. The Morgan fingerprint density at radius 2 is 1.71 bits per heavy atom. The maximum Gasteiger partial charge on any atom is 0.391 e. The van der Waals surface area contributed by atoms with Crippen molar-refractivity contribution >= 4 is 10.1 Å². The molecule has 7 heteroatoms. The molecule has 0 aliphatic carbocycles. The van der Waals surface area contributed by atoms with Crippen molar-refractivity contribution in [2.75, 3.05) is 6.61 Å². The van der Waals surface area contributed by atoms with Crippen molar-refractivity contribution in [2.24, 2.45) is 0 Å². The van der Waals surface area contributed by atoms with E-state index in [4.69, 9.17) is 0 Å². The lowest BCUT2D eigenvalue weighted by Crippen LogP contribution is -2.16. The highest BCUT2D eigenvalue weighted by Crippen LogP contribution is 2.20. The van der Waals surface area contributed by atoms with E-state index in [0.717, 1.165) is 0 Å². The second-order valence-electron chi connectivity index (χ2n) is 3.37. The number of alkyl halides is 3. The Kier molecular flexibility index (Phi) is 4.53. The number of halogens is 3. The molecule has 0 unspecified atom stereocenters. The van der Waals surface area contributed by atoms with Gasteiger partial charge in [-0.15, -0.1) is 0 Å². The van der Waals surface area contributed by atoms with Gasteiger partial charge in [-0.3, -0.25) is 4.18 Å². The summed E-state index contributed by atoms with van der Waals surface area (Å²) in [6.45, 7) is -0.876. The van der Waals surface area contributed by atoms with Gasteiger partial charge >= 0.3 is 6.18 Å². The maximum atomic E-state index is 11.8. The molecule has 96 valence electrons. The normalized spacial score (nSPS) is 12.6. The van der Waals surface area contributed by atoms with Gasteiger partial charge in [-0.2, -0.15) is 21.6 Å². The van der Waals surface area contributed by atoms with Gasteiger partial charge in [0.15, 0.2) is 0 Å². The Bertz CT molecular complexity index is 440. The molecule has 0 N–H and O–H groups in total. The summed E-state index contributed by atoms with van der Waals surface area (Å²) >= 11 is 0. The third-order valence-electron chi connectivity index (χ3n) is 1.83. The van der Waals surface area contributed by atoms with Gasteiger partial charge in [0.05, 0.1) is 13.0 Å². The van der Waals surface area contributed by atoms with Crippen LogP contribution in [0.3, 0.4) is 0 Å². The van der Waals surface area contributed by atoms with Crippen LogP contribution in [0.5, 0.6) is 0 Å². The van der Waals surface area contributed by atoms with Crippen LogP contribution < -0.4 is 0 Å². The molecule has 0 amide bonds. The molecule has 0 radical (unpaired) electrons. The third kappa shape index (κ3) is 6.28. The van der Waals surface area contributed by atoms with Crippen LogP contribution in [0.15, 0.2) is 30.3 Å².